The third-order valence-corrected chi connectivity index (χ3v) is 0. The van der Waals surface area contributed by atoms with Gasteiger partial charge < -0.3 is 0 Å². The van der Waals surface area contributed by atoms with Crippen LogP contribution in [0.4, 0.5) is 3.89 Å². The van der Waals surface area contributed by atoms with Crippen molar-refractivity contribution in [3.05, 3.63) is 0 Å². The fourth-order valence-electron chi connectivity index (χ4n) is 0. The summed E-state index contributed by atoms with van der Waals surface area (Å²) in [5, 5.41) is 0. The first-order valence-electron chi connectivity index (χ1n) is 0.670. The minimum absolute atomic E-state index is 0. The fraction of sp³-hybridized carbons (Fsp3) is 0. The average Bonchev–Trinajstić information content (AvgIpc) is 0.722. The second-order valence-electron chi connectivity index (χ2n) is 0.412. The van der Waals surface area contributed by atoms with E-state index in [4.69, 9.17) is 13.0 Å². The van der Waals surface area contributed by atoms with Gasteiger partial charge in [-0.25, -0.2) is 0 Å². The van der Waals surface area contributed by atoms with Crippen molar-refractivity contribution in [3.63, 3.8) is 0 Å². The maximum atomic E-state index is 10.2. The molecule has 0 aromatic rings. The fourth-order valence-corrected chi connectivity index (χ4v) is 0. The molecule has 0 spiro atoms. The van der Waals surface area contributed by atoms with Crippen molar-refractivity contribution in [2.24, 2.45) is 0 Å². The third-order valence-electron chi connectivity index (χ3n) is 0. The van der Waals surface area contributed by atoms with Gasteiger partial charge in [0.25, 0.3) is 0 Å². The van der Waals surface area contributed by atoms with Crippen LogP contribution in [0.2, 0.25) is 0 Å². The van der Waals surface area contributed by atoms with Gasteiger partial charge in [0.15, 0.2) is 0 Å². The number of rotatable bonds is 0. The molecule has 0 heterocycles. The van der Waals surface area contributed by atoms with E-state index in [1.54, 1.807) is 0 Å². The molecule has 0 atom stereocenters. The molecule has 0 aliphatic rings. The quantitative estimate of drug-likeness (QED) is 0.330. The van der Waals surface area contributed by atoms with E-state index in [1.807, 2.05) is 0 Å². The zero-order chi connectivity index (χ0) is 4.50. The van der Waals surface area contributed by atoms with E-state index in [9.17, 15) is 3.89 Å². The second-order valence-corrected chi connectivity index (χ2v) is 1.24. The Labute approximate surface area is 48.9 Å². The zero-order valence-corrected chi connectivity index (χ0v) is 5.28. The Balaban J connectivity index is 0. The Bertz CT molecular complexity index is 94.0. The van der Waals surface area contributed by atoms with E-state index in [0.29, 0.717) is 0 Å². The Morgan fingerprint density at radius 2 is 1.50 bits per heavy atom. The first-order chi connectivity index (χ1) is 2.00. The van der Waals surface area contributed by atoms with Crippen molar-refractivity contribution in [1.29, 1.82) is 0 Å². The van der Waals surface area contributed by atoms with Crippen LogP contribution in [-0.4, -0.2) is 13.0 Å². The maximum Gasteiger partial charge on any atom is 0.435 e. The van der Waals surface area contributed by atoms with Gasteiger partial charge in [0.1, 0.15) is 0 Å². The van der Waals surface area contributed by atoms with Crippen LogP contribution >= 0.6 is 0 Å². The largest absolute Gasteiger partial charge is 0.435 e. The van der Waals surface area contributed by atoms with E-state index < -0.39 is 10.5 Å². The van der Waals surface area contributed by atoms with Crippen LogP contribution in [0.5, 0.6) is 0 Å². The molecule has 0 aromatic heterocycles. The van der Waals surface area contributed by atoms with Crippen LogP contribution in [0.25, 0.3) is 0 Å². The molecule has 6 heteroatoms. The summed E-state index contributed by atoms with van der Waals surface area (Å²) in [5.74, 6) is 0. The molecule has 6 heavy (non-hydrogen) atoms. The Morgan fingerprint density at radius 3 is 1.50 bits per heavy atom. The van der Waals surface area contributed by atoms with Gasteiger partial charge in [-0.15, -0.1) is 0 Å². The van der Waals surface area contributed by atoms with Crippen LogP contribution < -0.4 is 0 Å². The molecular formula is HFMoO3S. The van der Waals surface area contributed by atoms with Gasteiger partial charge in [-0.1, -0.05) is 3.89 Å². The van der Waals surface area contributed by atoms with Crippen molar-refractivity contribution in [3.8, 4) is 0 Å². The molecule has 0 rings (SSSR count). The predicted octanol–water partition coefficient (Wildman–Crippen LogP) is -0.244. The number of hydrogen-bond donors (Lipinski definition) is 1. The summed E-state index contributed by atoms with van der Waals surface area (Å²) in [6.07, 6.45) is 0. The van der Waals surface area contributed by atoms with Crippen molar-refractivity contribution in [2.45, 2.75) is 0 Å². The number of halogens is 1. The standard InChI is InChI=1S/FHO3S.Mo/c1-5(2,3)4;/h(H,2,3,4);. The molecule has 0 aromatic carbocycles. The van der Waals surface area contributed by atoms with Gasteiger partial charge in [-0.3, -0.25) is 4.55 Å². The summed E-state index contributed by atoms with van der Waals surface area (Å²) in [4.78, 5) is 0. The molecule has 0 saturated heterocycles. The van der Waals surface area contributed by atoms with Crippen molar-refractivity contribution in [2.75, 3.05) is 0 Å². The van der Waals surface area contributed by atoms with Gasteiger partial charge >= 0.3 is 10.5 Å². The molecule has 0 saturated carbocycles. The molecule has 38 valence electrons. The molecule has 0 radical (unpaired) electrons. The van der Waals surface area contributed by atoms with Crippen molar-refractivity contribution < 1.29 is 37.9 Å². The van der Waals surface area contributed by atoms with Crippen molar-refractivity contribution >= 4 is 10.5 Å². The summed E-state index contributed by atoms with van der Waals surface area (Å²) in [5.41, 5.74) is 0. The molecular weight excluding hydrogens is 195 g/mol. The zero-order valence-electron chi connectivity index (χ0n) is 2.46. The molecule has 0 unspecified atom stereocenters. The van der Waals surface area contributed by atoms with Gasteiger partial charge in [-0.05, 0) is 0 Å². The number of hydrogen-bond acceptors (Lipinski definition) is 2. The van der Waals surface area contributed by atoms with E-state index >= 15 is 0 Å². The summed E-state index contributed by atoms with van der Waals surface area (Å²) in [7, 11) is -5.17. The third kappa shape index (κ3) is 202. The SMILES string of the molecule is O=S(=O)(O)F.[Mo]. The molecule has 0 fully saturated rings. The topological polar surface area (TPSA) is 54.4 Å². The molecule has 0 aliphatic carbocycles. The molecule has 0 amide bonds. The van der Waals surface area contributed by atoms with Crippen LogP contribution in [-0.2, 0) is 31.6 Å². The van der Waals surface area contributed by atoms with Gasteiger partial charge in [-0.2, -0.15) is 8.42 Å². The predicted molar refractivity (Wildman–Crippen MR) is 12.7 cm³/mol. The molecule has 0 bridgehead atoms. The van der Waals surface area contributed by atoms with Crippen LogP contribution in [0.15, 0.2) is 0 Å². The van der Waals surface area contributed by atoms with E-state index in [0.717, 1.165) is 0 Å². The summed E-state index contributed by atoms with van der Waals surface area (Å²) < 4.78 is 34.1. The Morgan fingerprint density at radius 1 is 1.50 bits per heavy atom. The van der Waals surface area contributed by atoms with Crippen LogP contribution in [0.3, 0.4) is 0 Å². The van der Waals surface area contributed by atoms with E-state index in [1.165, 1.54) is 0 Å². The normalized spacial score (nSPS) is 9.67. The van der Waals surface area contributed by atoms with Gasteiger partial charge in [0.05, 0.1) is 0 Å². The summed E-state index contributed by atoms with van der Waals surface area (Å²) in [6.45, 7) is 0. The van der Waals surface area contributed by atoms with E-state index in [-0.39, 0.29) is 21.1 Å². The first-order valence-corrected chi connectivity index (χ1v) is 2.01. The van der Waals surface area contributed by atoms with Crippen LogP contribution in [0.1, 0.15) is 0 Å². The summed E-state index contributed by atoms with van der Waals surface area (Å²) in [6, 6.07) is 0. The maximum absolute atomic E-state index is 10.2. The second kappa shape index (κ2) is 2.66. The Kier molecular flexibility index (Phi) is 4.31. The molecule has 3 nitrogen and oxygen atoms in total. The first kappa shape index (κ1) is 9.73. The monoisotopic (exact) mass is 198 g/mol. The van der Waals surface area contributed by atoms with Gasteiger partial charge in [0, 0.05) is 21.1 Å². The minimum atomic E-state index is -5.17. The molecule has 0 aliphatic heterocycles. The average molecular weight is 196 g/mol. The van der Waals surface area contributed by atoms with Crippen molar-refractivity contribution in [1.82, 2.24) is 0 Å². The molecule has 1 N–H and O–H groups in total. The van der Waals surface area contributed by atoms with E-state index in [2.05, 4.69) is 0 Å². The Hall–Kier alpha value is 0.528. The minimum Gasteiger partial charge on any atom is -0.260 e. The van der Waals surface area contributed by atoms with Gasteiger partial charge in [0.2, 0.25) is 0 Å². The summed E-state index contributed by atoms with van der Waals surface area (Å²) >= 11 is 0. The van der Waals surface area contributed by atoms with Crippen LogP contribution in [0, 0.1) is 0 Å². The smallest absolute Gasteiger partial charge is 0.260 e.